The molecule has 0 saturated carbocycles. The minimum absolute atomic E-state index is 0.176. The van der Waals surface area contributed by atoms with Crippen molar-refractivity contribution in [3.8, 4) is 0 Å². The first-order chi connectivity index (χ1) is 11.4. The molecular weight excluding hydrogens is 318 g/mol. The minimum atomic E-state index is -0.176. The van der Waals surface area contributed by atoms with Crippen LogP contribution in [0.15, 0.2) is 35.2 Å². The Kier molecular flexibility index (Phi) is 4.50. The standard InChI is InChI=1S/C20H21NO2S/c1-12-11-13(2)15(4)18(14(12)3)24-10-9-21-19(22)16-7-5-6-8-17(16)20(21)23/h5-8,11H,9-10H2,1-4H3. The second-order valence-corrected chi connectivity index (χ2v) is 7.35. The number of amides is 2. The zero-order valence-electron chi connectivity index (χ0n) is 14.5. The number of imide groups is 1. The van der Waals surface area contributed by atoms with Gasteiger partial charge in [-0.15, -0.1) is 11.8 Å². The maximum atomic E-state index is 12.4. The number of carbonyl (C=O) groups excluding carboxylic acids is 2. The summed E-state index contributed by atoms with van der Waals surface area (Å²) >= 11 is 1.73. The molecule has 124 valence electrons. The van der Waals surface area contributed by atoms with Crippen LogP contribution >= 0.6 is 11.8 Å². The summed E-state index contributed by atoms with van der Waals surface area (Å²) < 4.78 is 0. The van der Waals surface area contributed by atoms with Gasteiger partial charge in [0.2, 0.25) is 0 Å². The Morgan fingerprint density at radius 2 is 1.38 bits per heavy atom. The third-order valence-corrected chi connectivity index (χ3v) is 6.02. The van der Waals surface area contributed by atoms with E-state index in [1.807, 2.05) is 0 Å². The summed E-state index contributed by atoms with van der Waals surface area (Å²) in [5, 5.41) is 0. The van der Waals surface area contributed by atoms with E-state index in [1.165, 1.54) is 32.0 Å². The van der Waals surface area contributed by atoms with Gasteiger partial charge >= 0.3 is 0 Å². The first-order valence-electron chi connectivity index (χ1n) is 8.07. The molecule has 1 aliphatic rings. The van der Waals surface area contributed by atoms with Gasteiger partial charge in [-0.05, 0) is 62.1 Å². The second kappa shape index (κ2) is 6.44. The predicted octanol–water partition coefficient (Wildman–Crippen LogP) is 4.31. The fourth-order valence-corrected chi connectivity index (χ4v) is 4.31. The zero-order chi connectivity index (χ0) is 17.4. The number of carbonyl (C=O) groups is 2. The van der Waals surface area contributed by atoms with Crippen LogP contribution < -0.4 is 0 Å². The van der Waals surface area contributed by atoms with Crippen LogP contribution in [0.4, 0.5) is 0 Å². The van der Waals surface area contributed by atoms with Crippen LogP contribution in [0.3, 0.4) is 0 Å². The van der Waals surface area contributed by atoms with E-state index in [1.54, 1.807) is 36.0 Å². The van der Waals surface area contributed by atoms with Crippen molar-refractivity contribution in [2.45, 2.75) is 32.6 Å². The van der Waals surface area contributed by atoms with Crippen molar-refractivity contribution < 1.29 is 9.59 Å². The number of aryl methyl sites for hydroxylation is 2. The van der Waals surface area contributed by atoms with Crippen molar-refractivity contribution in [3.05, 3.63) is 63.7 Å². The molecule has 0 spiro atoms. The van der Waals surface area contributed by atoms with E-state index in [0.29, 0.717) is 23.4 Å². The fraction of sp³-hybridized carbons (Fsp3) is 0.300. The van der Waals surface area contributed by atoms with Gasteiger partial charge in [0.25, 0.3) is 11.8 Å². The molecule has 0 radical (unpaired) electrons. The molecule has 0 unspecified atom stereocenters. The summed E-state index contributed by atoms with van der Waals surface area (Å²) in [6.07, 6.45) is 0. The molecule has 2 aromatic rings. The van der Waals surface area contributed by atoms with Crippen molar-refractivity contribution in [3.63, 3.8) is 0 Å². The van der Waals surface area contributed by atoms with Gasteiger partial charge in [-0.3, -0.25) is 14.5 Å². The quantitative estimate of drug-likeness (QED) is 0.615. The normalized spacial score (nSPS) is 13.6. The highest BCUT2D eigenvalue weighted by atomic mass is 32.2. The van der Waals surface area contributed by atoms with Gasteiger partial charge in [-0.25, -0.2) is 0 Å². The topological polar surface area (TPSA) is 37.4 Å². The Balaban J connectivity index is 1.73. The van der Waals surface area contributed by atoms with Crippen molar-refractivity contribution in [2.24, 2.45) is 0 Å². The number of thioether (sulfide) groups is 1. The molecule has 3 rings (SSSR count). The van der Waals surface area contributed by atoms with Gasteiger partial charge < -0.3 is 0 Å². The van der Waals surface area contributed by atoms with Crippen molar-refractivity contribution in [2.75, 3.05) is 12.3 Å². The van der Waals surface area contributed by atoms with Crippen LogP contribution in [0, 0.1) is 27.7 Å². The number of nitrogens with zero attached hydrogens (tertiary/aromatic N) is 1. The van der Waals surface area contributed by atoms with Crippen LogP contribution in [-0.4, -0.2) is 29.0 Å². The molecule has 0 aliphatic carbocycles. The average molecular weight is 339 g/mol. The predicted molar refractivity (Wildman–Crippen MR) is 97.9 cm³/mol. The van der Waals surface area contributed by atoms with Crippen molar-refractivity contribution in [1.29, 1.82) is 0 Å². The lowest BCUT2D eigenvalue weighted by Gasteiger charge is -2.17. The van der Waals surface area contributed by atoms with Crippen LogP contribution in [0.2, 0.25) is 0 Å². The lowest BCUT2D eigenvalue weighted by Crippen LogP contribution is -2.31. The molecule has 3 nitrogen and oxygen atoms in total. The van der Waals surface area contributed by atoms with Gasteiger partial charge in [-0.1, -0.05) is 18.2 Å². The highest BCUT2D eigenvalue weighted by Crippen LogP contribution is 2.31. The SMILES string of the molecule is Cc1cc(C)c(C)c(SCCN2C(=O)c3ccccc3C2=O)c1C. The lowest BCUT2D eigenvalue weighted by atomic mass is 10.0. The van der Waals surface area contributed by atoms with Crippen LogP contribution in [0.5, 0.6) is 0 Å². The molecule has 1 aliphatic heterocycles. The largest absolute Gasteiger partial charge is 0.273 e. The third-order valence-electron chi connectivity index (χ3n) is 4.74. The van der Waals surface area contributed by atoms with Crippen molar-refractivity contribution in [1.82, 2.24) is 4.90 Å². The Hall–Kier alpha value is -2.07. The van der Waals surface area contributed by atoms with E-state index in [-0.39, 0.29) is 11.8 Å². The Labute approximate surface area is 147 Å². The second-order valence-electron chi connectivity index (χ2n) is 6.25. The van der Waals surface area contributed by atoms with E-state index >= 15 is 0 Å². The summed E-state index contributed by atoms with van der Waals surface area (Å²) in [6.45, 7) is 8.94. The summed E-state index contributed by atoms with van der Waals surface area (Å²) in [7, 11) is 0. The van der Waals surface area contributed by atoms with E-state index in [2.05, 4.69) is 33.8 Å². The molecule has 2 amide bonds. The smallest absolute Gasteiger partial charge is 0.261 e. The fourth-order valence-electron chi connectivity index (χ4n) is 3.08. The van der Waals surface area contributed by atoms with Gasteiger partial charge in [0, 0.05) is 17.2 Å². The van der Waals surface area contributed by atoms with Gasteiger partial charge in [-0.2, -0.15) is 0 Å². The van der Waals surface area contributed by atoms with Crippen LogP contribution in [0.1, 0.15) is 43.0 Å². The first kappa shape index (κ1) is 16.8. The molecule has 0 bridgehead atoms. The molecule has 2 aromatic carbocycles. The molecule has 4 heteroatoms. The Morgan fingerprint density at radius 1 is 0.875 bits per heavy atom. The first-order valence-corrected chi connectivity index (χ1v) is 9.05. The molecule has 1 heterocycles. The van der Waals surface area contributed by atoms with E-state index in [4.69, 9.17) is 0 Å². The summed E-state index contributed by atoms with van der Waals surface area (Å²) in [4.78, 5) is 27.4. The molecule has 0 atom stereocenters. The Morgan fingerprint density at radius 3 is 1.88 bits per heavy atom. The third kappa shape index (κ3) is 2.75. The number of benzene rings is 2. The molecular formula is C20H21NO2S. The minimum Gasteiger partial charge on any atom is -0.273 e. The molecule has 24 heavy (non-hydrogen) atoms. The van der Waals surface area contributed by atoms with E-state index < -0.39 is 0 Å². The number of hydrogen-bond acceptors (Lipinski definition) is 3. The van der Waals surface area contributed by atoms with Gasteiger partial charge in [0.15, 0.2) is 0 Å². The van der Waals surface area contributed by atoms with E-state index in [0.717, 1.165) is 0 Å². The highest BCUT2D eigenvalue weighted by molar-refractivity contribution is 7.99. The maximum Gasteiger partial charge on any atom is 0.261 e. The summed E-state index contributed by atoms with van der Waals surface area (Å²) in [6, 6.07) is 9.25. The average Bonchev–Trinajstić information content (AvgIpc) is 2.81. The zero-order valence-corrected chi connectivity index (χ0v) is 15.3. The molecule has 0 aromatic heterocycles. The monoisotopic (exact) mass is 339 g/mol. The number of rotatable bonds is 4. The van der Waals surface area contributed by atoms with Gasteiger partial charge in [0.05, 0.1) is 11.1 Å². The summed E-state index contributed by atoms with van der Waals surface area (Å²) in [5.74, 6) is 0.353. The number of fused-ring (bicyclic) bond motifs is 1. The molecule has 0 N–H and O–H groups in total. The maximum absolute atomic E-state index is 12.4. The molecule has 0 saturated heterocycles. The van der Waals surface area contributed by atoms with Gasteiger partial charge in [0.1, 0.15) is 0 Å². The Bertz CT molecular complexity index is 781. The summed E-state index contributed by atoms with van der Waals surface area (Å²) in [5.41, 5.74) is 6.16. The number of hydrogen-bond donors (Lipinski definition) is 0. The van der Waals surface area contributed by atoms with Crippen LogP contribution in [-0.2, 0) is 0 Å². The lowest BCUT2D eigenvalue weighted by molar-refractivity contribution is 0.0664. The van der Waals surface area contributed by atoms with E-state index in [9.17, 15) is 9.59 Å². The molecule has 0 fully saturated rings. The highest BCUT2D eigenvalue weighted by Gasteiger charge is 2.34. The van der Waals surface area contributed by atoms with Crippen molar-refractivity contribution >= 4 is 23.6 Å². The van der Waals surface area contributed by atoms with Crippen LogP contribution in [0.25, 0.3) is 0 Å².